The molecule has 1 rings (SSSR count). The van der Waals surface area contributed by atoms with Crippen molar-refractivity contribution in [1.29, 1.82) is 0 Å². The largest absolute Gasteiger partial charge is 0.290 e. The fraction of sp³-hybridized carbons (Fsp3) is 0.111. The van der Waals surface area contributed by atoms with Gasteiger partial charge in [-0.25, -0.2) is 0 Å². The van der Waals surface area contributed by atoms with E-state index in [0.29, 0.717) is 10.6 Å². The molecule has 0 aliphatic heterocycles. The summed E-state index contributed by atoms with van der Waals surface area (Å²) in [6.45, 7) is 1.32. The lowest BCUT2D eigenvalue weighted by molar-refractivity contribution is 0.491. The van der Waals surface area contributed by atoms with Crippen molar-refractivity contribution < 1.29 is 13.0 Å². The summed E-state index contributed by atoms with van der Waals surface area (Å²) in [4.78, 5) is -0.0974. The number of rotatable bonds is 2. The van der Waals surface area contributed by atoms with Crippen LogP contribution in [0.1, 0.15) is 12.5 Å². The average Bonchev–Trinajstić information content (AvgIpc) is 2.07. The van der Waals surface area contributed by atoms with Crippen molar-refractivity contribution in [2.45, 2.75) is 6.92 Å². The number of allylic oxidation sites excluding steroid dienone is 1. The van der Waals surface area contributed by atoms with Crippen molar-refractivity contribution in [3.8, 4) is 0 Å². The van der Waals surface area contributed by atoms with Gasteiger partial charge in [0.05, 0.1) is 4.91 Å². The first-order valence-corrected chi connectivity index (χ1v) is 5.63. The Labute approximate surface area is 87.8 Å². The van der Waals surface area contributed by atoms with Crippen LogP contribution in [0.15, 0.2) is 29.2 Å². The van der Waals surface area contributed by atoms with E-state index in [1.54, 1.807) is 24.3 Å². The molecule has 14 heavy (non-hydrogen) atoms. The first-order chi connectivity index (χ1) is 6.39. The Hall–Kier alpha value is -0.840. The molecule has 0 spiro atoms. The van der Waals surface area contributed by atoms with Gasteiger partial charge in [-0.1, -0.05) is 23.7 Å². The van der Waals surface area contributed by atoms with E-state index in [-0.39, 0.29) is 4.91 Å². The highest BCUT2D eigenvalue weighted by molar-refractivity contribution is 7.89. The zero-order valence-corrected chi connectivity index (χ0v) is 9.01. The van der Waals surface area contributed by atoms with E-state index >= 15 is 0 Å². The minimum absolute atomic E-state index is 0.0974. The summed E-state index contributed by atoms with van der Waals surface area (Å²) in [5.41, 5.74) is 0.671. The van der Waals surface area contributed by atoms with E-state index in [4.69, 9.17) is 16.2 Å². The van der Waals surface area contributed by atoms with E-state index < -0.39 is 10.1 Å². The minimum atomic E-state index is -4.08. The quantitative estimate of drug-likeness (QED) is 0.798. The maximum atomic E-state index is 10.7. The second-order valence-electron chi connectivity index (χ2n) is 2.78. The molecule has 5 heteroatoms. The summed E-state index contributed by atoms with van der Waals surface area (Å²) in [6.07, 6.45) is 1.37. The van der Waals surface area contributed by atoms with Crippen LogP contribution >= 0.6 is 11.6 Å². The Balaban J connectivity index is 3.05. The van der Waals surface area contributed by atoms with Gasteiger partial charge in [0.1, 0.15) is 0 Å². The summed E-state index contributed by atoms with van der Waals surface area (Å²) in [7, 11) is -4.08. The fourth-order valence-corrected chi connectivity index (χ4v) is 1.28. The Morgan fingerprint density at radius 2 is 1.86 bits per heavy atom. The van der Waals surface area contributed by atoms with Gasteiger partial charge in [0.2, 0.25) is 0 Å². The zero-order valence-electron chi connectivity index (χ0n) is 7.44. The smallest absolute Gasteiger partial charge is 0.282 e. The van der Waals surface area contributed by atoms with Crippen LogP contribution in [0.2, 0.25) is 5.02 Å². The van der Waals surface area contributed by atoms with E-state index in [9.17, 15) is 8.42 Å². The van der Waals surface area contributed by atoms with Crippen molar-refractivity contribution in [1.82, 2.24) is 0 Å². The van der Waals surface area contributed by atoms with Gasteiger partial charge in [-0.05, 0) is 30.7 Å². The number of halogens is 1. The van der Waals surface area contributed by atoms with Gasteiger partial charge in [0.25, 0.3) is 10.1 Å². The lowest BCUT2D eigenvalue weighted by Gasteiger charge is -1.97. The molecule has 3 nitrogen and oxygen atoms in total. The fourth-order valence-electron chi connectivity index (χ4n) is 0.868. The zero-order chi connectivity index (χ0) is 10.8. The van der Waals surface area contributed by atoms with Crippen LogP contribution in [0.4, 0.5) is 0 Å². The number of hydrogen-bond acceptors (Lipinski definition) is 2. The van der Waals surface area contributed by atoms with Crippen molar-refractivity contribution in [2.24, 2.45) is 0 Å². The van der Waals surface area contributed by atoms with E-state index in [1.807, 2.05) is 0 Å². The first-order valence-electron chi connectivity index (χ1n) is 3.81. The van der Waals surface area contributed by atoms with E-state index in [0.717, 1.165) is 0 Å². The molecule has 76 valence electrons. The Bertz CT molecular complexity index is 445. The topological polar surface area (TPSA) is 54.4 Å². The van der Waals surface area contributed by atoms with Crippen molar-refractivity contribution in [3.05, 3.63) is 39.8 Å². The Kier molecular flexibility index (Phi) is 3.31. The van der Waals surface area contributed by atoms with Crippen LogP contribution in [0, 0.1) is 0 Å². The van der Waals surface area contributed by atoms with Crippen LogP contribution in [-0.2, 0) is 10.1 Å². The van der Waals surface area contributed by atoms with Crippen LogP contribution < -0.4 is 0 Å². The molecule has 0 saturated heterocycles. The highest BCUT2D eigenvalue weighted by Crippen LogP contribution is 2.14. The summed E-state index contributed by atoms with van der Waals surface area (Å²) in [6, 6.07) is 6.61. The molecular formula is C9H9ClO3S. The maximum Gasteiger partial charge on any atom is 0.290 e. The molecule has 0 aliphatic rings. The van der Waals surface area contributed by atoms with Gasteiger partial charge < -0.3 is 0 Å². The predicted octanol–water partition coefficient (Wildman–Crippen LogP) is 2.59. The number of hydrogen-bond donors (Lipinski definition) is 1. The predicted molar refractivity (Wildman–Crippen MR) is 56.7 cm³/mol. The molecule has 0 amide bonds. The minimum Gasteiger partial charge on any atom is -0.282 e. The van der Waals surface area contributed by atoms with Crippen molar-refractivity contribution in [3.63, 3.8) is 0 Å². The SMILES string of the molecule is C/C(=C\c1ccc(Cl)cc1)S(=O)(=O)O. The Morgan fingerprint density at radius 1 is 1.36 bits per heavy atom. The molecule has 1 aromatic carbocycles. The molecule has 0 aromatic heterocycles. The average molecular weight is 233 g/mol. The van der Waals surface area contributed by atoms with Crippen LogP contribution in [0.3, 0.4) is 0 Å². The van der Waals surface area contributed by atoms with E-state index in [2.05, 4.69) is 0 Å². The van der Waals surface area contributed by atoms with Gasteiger partial charge in [0.15, 0.2) is 0 Å². The highest BCUT2D eigenvalue weighted by atomic mass is 35.5. The molecule has 1 N–H and O–H groups in total. The molecular weight excluding hydrogens is 224 g/mol. The Morgan fingerprint density at radius 3 is 2.29 bits per heavy atom. The summed E-state index contributed by atoms with van der Waals surface area (Å²) in [5.74, 6) is 0. The molecule has 0 heterocycles. The third kappa shape index (κ3) is 3.14. The van der Waals surface area contributed by atoms with Gasteiger partial charge in [-0.15, -0.1) is 0 Å². The molecule has 0 saturated carbocycles. The number of benzene rings is 1. The van der Waals surface area contributed by atoms with Crippen molar-refractivity contribution in [2.75, 3.05) is 0 Å². The third-order valence-corrected chi connectivity index (χ3v) is 2.83. The monoisotopic (exact) mass is 232 g/mol. The summed E-state index contributed by atoms with van der Waals surface area (Å²) >= 11 is 5.65. The molecule has 0 aliphatic carbocycles. The van der Waals surface area contributed by atoms with Crippen LogP contribution in [-0.4, -0.2) is 13.0 Å². The molecule has 0 atom stereocenters. The third-order valence-electron chi connectivity index (χ3n) is 1.65. The summed E-state index contributed by atoms with van der Waals surface area (Å²) in [5, 5.41) is 0.576. The standard InChI is InChI=1S/C9H9ClO3S/c1-7(14(11,12)13)6-8-2-4-9(10)5-3-8/h2-6H,1H3,(H,11,12,13)/b7-6+. The second kappa shape index (κ2) is 4.13. The molecule has 0 bridgehead atoms. The summed E-state index contributed by atoms with van der Waals surface area (Å²) < 4.78 is 30.0. The van der Waals surface area contributed by atoms with Crippen LogP contribution in [0.5, 0.6) is 0 Å². The second-order valence-corrected chi connectivity index (χ2v) is 4.81. The molecule has 0 fully saturated rings. The molecule has 1 aromatic rings. The maximum absolute atomic E-state index is 10.7. The van der Waals surface area contributed by atoms with Gasteiger partial charge in [0, 0.05) is 5.02 Å². The molecule has 0 unspecified atom stereocenters. The van der Waals surface area contributed by atoms with Gasteiger partial charge in [-0.2, -0.15) is 8.42 Å². The normalized spacial score (nSPS) is 12.9. The van der Waals surface area contributed by atoms with Crippen molar-refractivity contribution >= 4 is 27.8 Å². The van der Waals surface area contributed by atoms with Gasteiger partial charge in [-0.3, -0.25) is 4.55 Å². The first kappa shape index (κ1) is 11.2. The van der Waals surface area contributed by atoms with Gasteiger partial charge >= 0.3 is 0 Å². The lowest BCUT2D eigenvalue weighted by atomic mass is 10.2. The van der Waals surface area contributed by atoms with Crippen LogP contribution in [0.25, 0.3) is 6.08 Å². The molecule has 0 radical (unpaired) electrons. The van der Waals surface area contributed by atoms with E-state index in [1.165, 1.54) is 13.0 Å². The lowest BCUT2D eigenvalue weighted by Crippen LogP contribution is -1.97. The highest BCUT2D eigenvalue weighted by Gasteiger charge is 2.06.